The van der Waals surface area contributed by atoms with Crippen molar-refractivity contribution in [3.05, 3.63) is 28.2 Å². The van der Waals surface area contributed by atoms with Crippen LogP contribution in [0, 0.1) is 11.3 Å². The Hall–Kier alpha value is -0.540. The summed E-state index contributed by atoms with van der Waals surface area (Å²) < 4.78 is 6.65. The first-order valence-electron chi connectivity index (χ1n) is 6.63. The van der Waals surface area contributed by atoms with Crippen LogP contribution in [0.5, 0.6) is 5.75 Å². The van der Waals surface area contributed by atoms with Crippen LogP contribution in [0.1, 0.15) is 45.2 Å². The predicted molar refractivity (Wildman–Crippen MR) is 78.7 cm³/mol. The first kappa shape index (κ1) is 13.9. The number of nitrogens with two attached hydrogens (primary N) is 1. The van der Waals surface area contributed by atoms with Gasteiger partial charge in [-0.05, 0) is 57.8 Å². The average Bonchev–Trinajstić information content (AvgIpc) is 2.96. The molecule has 100 valence electrons. The van der Waals surface area contributed by atoms with Crippen LogP contribution >= 0.6 is 15.9 Å². The summed E-state index contributed by atoms with van der Waals surface area (Å²) in [6.07, 6.45) is 2.24. The van der Waals surface area contributed by atoms with Crippen LogP contribution in [-0.4, -0.2) is 6.61 Å². The third-order valence-electron chi connectivity index (χ3n) is 3.83. The lowest BCUT2D eigenvalue weighted by molar-refractivity contribution is 0.315. The molecule has 0 aliphatic heterocycles. The predicted octanol–water partition coefficient (Wildman–Crippen LogP) is 4.28. The molecule has 2 atom stereocenters. The van der Waals surface area contributed by atoms with Gasteiger partial charge in [-0.2, -0.15) is 0 Å². The molecule has 1 saturated carbocycles. The van der Waals surface area contributed by atoms with Gasteiger partial charge in [-0.3, -0.25) is 0 Å². The standard InChI is InChI=1S/C15H22BrNO/c1-4-7-18-13-6-5-10(8-12(13)16)14(17)11-9-15(11,2)3/h5-6,8,11,14H,4,7,9,17H2,1-3H3. The summed E-state index contributed by atoms with van der Waals surface area (Å²) >= 11 is 3.56. The van der Waals surface area contributed by atoms with Gasteiger partial charge in [0.15, 0.2) is 0 Å². The summed E-state index contributed by atoms with van der Waals surface area (Å²) in [4.78, 5) is 0. The summed E-state index contributed by atoms with van der Waals surface area (Å²) in [6.45, 7) is 7.42. The second kappa shape index (κ2) is 5.22. The van der Waals surface area contributed by atoms with Crippen molar-refractivity contribution in [3.8, 4) is 5.75 Å². The maximum Gasteiger partial charge on any atom is 0.133 e. The van der Waals surface area contributed by atoms with Gasteiger partial charge >= 0.3 is 0 Å². The van der Waals surface area contributed by atoms with E-state index in [1.54, 1.807) is 0 Å². The smallest absolute Gasteiger partial charge is 0.133 e. The van der Waals surface area contributed by atoms with Gasteiger partial charge in [0.1, 0.15) is 5.75 Å². The number of hydrogen-bond donors (Lipinski definition) is 1. The van der Waals surface area contributed by atoms with Crippen molar-refractivity contribution in [2.24, 2.45) is 17.1 Å². The average molecular weight is 312 g/mol. The highest BCUT2D eigenvalue weighted by Crippen LogP contribution is 2.57. The molecule has 3 heteroatoms. The van der Waals surface area contributed by atoms with Gasteiger partial charge in [-0.25, -0.2) is 0 Å². The summed E-state index contributed by atoms with van der Waals surface area (Å²) in [6, 6.07) is 6.35. The van der Waals surface area contributed by atoms with Gasteiger partial charge in [0, 0.05) is 6.04 Å². The Labute approximate surface area is 118 Å². The van der Waals surface area contributed by atoms with E-state index in [0.717, 1.165) is 23.2 Å². The zero-order valence-electron chi connectivity index (χ0n) is 11.4. The number of rotatable bonds is 5. The number of benzene rings is 1. The number of ether oxygens (including phenoxy) is 1. The molecule has 0 saturated heterocycles. The van der Waals surface area contributed by atoms with Crippen molar-refractivity contribution in [2.45, 2.75) is 39.7 Å². The maximum atomic E-state index is 6.33. The van der Waals surface area contributed by atoms with Crippen LogP contribution in [0.25, 0.3) is 0 Å². The molecule has 0 spiro atoms. The van der Waals surface area contributed by atoms with Crippen molar-refractivity contribution in [3.63, 3.8) is 0 Å². The van der Waals surface area contributed by atoms with E-state index in [9.17, 15) is 0 Å². The lowest BCUT2D eigenvalue weighted by Gasteiger charge is -2.16. The number of hydrogen-bond acceptors (Lipinski definition) is 2. The monoisotopic (exact) mass is 311 g/mol. The molecule has 1 aliphatic rings. The van der Waals surface area contributed by atoms with E-state index in [2.05, 4.69) is 48.8 Å². The minimum atomic E-state index is 0.136. The molecule has 2 unspecified atom stereocenters. The largest absolute Gasteiger partial charge is 0.492 e. The Morgan fingerprint density at radius 1 is 1.50 bits per heavy atom. The van der Waals surface area contributed by atoms with Gasteiger partial charge in [-0.15, -0.1) is 0 Å². The molecule has 1 aromatic rings. The molecular weight excluding hydrogens is 290 g/mol. The van der Waals surface area contributed by atoms with E-state index < -0.39 is 0 Å². The molecule has 0 aromatic heterocycles. The Balaban J connectivity index is 2.09. The van der Waals surface area contributed by atoms with E-state index in [0.29, 0.717) is 11.3 Å². The molecule has 0 bridgehead atoms. The van der Waals surface area contributed by atoms with Gasteiger partial charge in [0.2, 0.25) is 0 Å². The lowest BCUT2D eigenvalue weighted by atomic mass is 9.98. The van der Waals surface area contributed by atoms with Crippen molar-refractivity contribution in [1.29, 1.82) is 0 Å². The number of halogens is 1. The van der Waals surface area contributed by atoms with E-state index in [1.807, 2.05) is 6.07 Å². The molecule has 2 N–H and O–H groups in total. The molecule has 2 nitrogen and oxygen atoms in total. The van der Waals surface area contributed by atoms with Gasteiger partial charge in [0.05, 0.1) is 11.1 Å². The second-order valence-electron chi connectivity index (χ2n) is 5.86. The minimum Gasteiger partial charge on any atom is -0.492 e. The summed E-state index contributed by atoms with van der Waals surface area (Å²) in [5.74, 6) is 1.51. The summed E-state index contributed by atoms with van der Waals surface area (Å²) in [5.41, 5.74) is 7.94. The molecule has 1 aromatic carbocycles. The van der Waals surface area contributed by atoms with Crippen LogP contribution < -0.4 is 10.5 Å². The Bertz CT molecular complexity index is 431. The van der Waals surface area contributed by atoms with Crippen molar-refractivity contribution in [2.75, 3.05) is 6.61 Å². The molecule has 1 aliphatic carbocycles. The zero-order valence-corrected chi connectivity index (χ0v) is 13.0. The highest BCUT2D eigenvalue weighted by molar-refractivity contribution is 9.10. The van der Waals surface area contributed by atoms with E-state index in [4.69, 9.17) is 10.5 Å². The minimum absolute atomic E-state index is 0.136. The van der Waals surface area contributed by atoms with Crippen LogP contribution in [0.3, 0.4) is 0 Å². The quantitative estimate of drug-likeness (QED) is 0.880. The van der Waals surface area contributed by atoms with Crippen molar-refractivity contribution in [1.82, 2.24) is 0 Å². The maximum absolute atomic E-state index is 6.33. The third kappa shape index (κ3) is 2.89. The Morgan fingerprint density at radius 2 is 2.17 bits per heavy atom. The van der Waals surface area contributed by atoms with E-state index >= 15 is 0 Å². The first-order chi connectivity index (χ1) is 8.45. The topological polar surface area (TPSA) is 35.2 Å². The normalized spacial score (nSPS) is 22.6. The third-order valence-corrected chi connectivity index (χ3v) is 4.45. The molecule has 0 amide bonds. The van der Waals surface area contributed by atoms with Crippen molar-refractivity contribution < 1.29 is 4.74 Å². The van der Waals surface area contributed by atoms with Gasteiger partial charge < -0.3 is 10.5 Å². The molecule has 0 heterocycles. The van der Waals surface area contributed by atoms with Crippen LogP contribution in [0.15, 0.2) is 22.7 Å². The fraction of sp³-hybridized carbons (Fsp3) is 0.600. The molecular formula is C15H22BrNO. The fourth-order valence-electron chi connectivity index (χ4n) is 2.41. The molecule has 0 radical (unpaired) electrons. The SMILES string of the molecule is CCCOc1ccc(C(N)C2CC2(C)C)cc1Br. The first-order valence-corrected chi connectivity index (χ1v) is 7.43. The molecule has 1 fully saturated rings. The van der Waals surface area contributed by atoms with Crippen LogP contribution in [-0.2, 0) is 0 Å². The zero-order chi connectivity index (χ0) is 13.3. The van der Waals surface area contributed by atoms with Gasteiger partial charge in [0.25, 0.3) is 0 Å². The lowest BCUT2D eigenvalue weighted by Crippen LogP contribution is -2.15. The second-order valence-corrected chi connectivity index (χ2v) is 6.72. The highest BCUT2D eigenvalue weighted by atomic mass is 79.9. The van der Waals surface area contributed by atoms with Crippen LogP contribution in [0.2, 0.25) is 0 Å². The highest BCUT2D eigenvalue weighted by Gasteiger charge is 2.49. The fourth-order valence-corrected chi connectivity index (χ4v) is 2.92. The summed E-state index contributed by atoms with van der Waals surface area (Å²) in [7, 11) is 0. The van der Waals surface area contributed by atoms with E-state index in [-0.39, 0.29) is 6.04 Å². The van der Waals surface area contributed by atoms with Crippen LogP contribution in [0.4, 0.5) is 0 Å². The Kier molecular flexibility index (Phi) is 4.02. The Morgan fingerprint density at radius 3 is 2.67 bits per heavy atom. The molecule has 18 heavy (non-hydrogen) atoms. The van der Waals surface area contributed by atoms with E-state index in [1.165, 1.54) is 12.0 Å². The van der Waals surface area contributed by atoms with Gasteiger partial charge in [-0.1, -0.05) is 26.8 Å². The molecule has 2 rings (SSSR count). The van der Waals surface area contributed by atoms with Crippen molar-refractivity contribution >= 4 is 15.9 Å². The summed E-state index contributed by atoms with van der Waals surface area (Å²) in [5, 5.41) is 0.